The Kier molecular flexibility index (Phi) is 7.17. The van der Waals surface area contributed by atoms with Crippen molar-refractivity contribution in [3.63, 3.8) is 0 Å². The molecule has 1 heterocycles. The number of carbonyl (C=O) groups is 1. The molecule has 0 radical (unpaired) electrons. The average molecular weight is 331 g/mol. The Labute approximate surface area is 142 Å². The van der Waals surface area contributed by atoms with E-state index in [1.807, 2.05) is 30.3 Å². The number of anilines is 1. The van der Waals surface area contributed by atoms with Gasteiger partial charge in [-0.3, -0.25) is 0 Å². The van der Waals surface area contributed by atoms with Crippen molar-refractivity contribution in [3.8, 4) is 5.75 Å². The van der Waals surface area contributed by atoms with Gasteiger partial charge in [0.1, 0.15) is 18.1 Å². The molecular weight excluding hydrogens is 306 g/mol. The number of urea groups is 1. The van der Waals surface area contributed by atoms with Crippen LogP contribution in [0.4, 0.5) is 10.5 Å². The lowest BCUT2D eigenvalue weighted by Crippen LogP contribution is -2.29. The Hall–Kier alpha value is -2.47. The van der Waals surface area contributed by atoms with Gasteiger partial charge in [0.2, 0.25) is 0 Å². The van der Waals surface area contributed by atoms with Crippen LogP contribution in [0.3, 0.4) is 0 Å². The van der Waals surface area contributed by atoms with Gasteiger partial charge >= 0.3 is 6.03 Å². The number of para-hydroxylation sites is 2. The fourth-order valence-electron chi connectivity index (χ4n) is 2.27. The van der Waals surface area contributed by atoms with Crippen molar-refractivity contribution in [2.24, 2.45) is 0 Å². The molecule has 0 fully saturated rings. The minimum Gasteiger partial charge on any atom is -0.490 e. The number of furan rings is 1. The predicted molar refractivity (Wildman–Crippen MR) is 94.3 cm³/mol. The van der Waals surface area contributed by atoms with Crippen molar-refractivity contribution in [2.75, 3.05) is 31.6 Å². The van der Waals surface area contributed by atoms with Crippen molar-refractivity contribution >= 4 is 11.7 Å². The quantitative estimate of drug-likeness (QED) is 0.740. The Balaban J connectivity index is 1.84. The molecule has 1 aromatic carbocycles. The van der Waals surface area contributed by atoms with Crippen LogP contribution in [0.15, 0.2) is 47.1 Å². The van der Waals surface area contributed by atoms with E-state index < -0.39 is 0 Å². The van der Waals surface area contributed by atoms with Gasteiger partial charge < -0.3 is 24.7 Å². The first-order valence-electron chi connectivity index (χ1n) is 8.24. The molecule has 6 nitrogen and oxygen atoms in total. The summed E-state index contributed by atoms with van der Waals surface area (Å²) in [6.45, 7) is 8.01. The molecule has 2 rings (SSSR count). The maximum Gasteiger partial charge on any atom is 0.319 e. The molecule has 0 aliphatic heterocycles. The Bertz CT molecular complexity index is 610. The third-order valence-electron chi connectivity index (χ3n) is 3.70. The average Bonchev–Trinajstić information content (AvgIpc) is 3.12. The maximum absolute atomic E-state index is 12.0. The fourth-order valence-corrected chi connectivity index (χ4v) is 2.27. The van der Waals surface area contributed by atoms with Gasteiger partial charge in [0.15, 0.2) is 0 Å². The fraction of sp³-hybridized carbons (Fsp3) is 0.389. The van der Waals surface area contributed by atoms with Gasteiger partial charge in [0.05, 0.1) is 18.5 Å². The van der Waals surface area contributed by atoms with E-state index >= 15 is 0 Å². The van der Waals surface area contributed by atoms with E-state index in [9.17, 15) is 4.79 Å². The third kappa shape index (κ3) is 5.62. The highest BCUT2D eigenvalue weighted by Gasteiger charge is 2.08. The monoisotopic (exact) mass is 331 g/mol. The summed E-state index contributed by atoms with van der Waals surface area (Å²) < 4.78 is 11.0. The van der Waals surface area contributed by atoms with Gasteiger partial charge in [-0.2, -0.15) is 0 Å². The van der Waals surface area contributed by atoms with Gasteiger partial charge in [0.25, 0.3) is 0 Å². The standard InChI is InChI=1S/C18H25N3O3/c1-3-21(4-2)11-13-24-17-10-6-5-9-16(17)20-18(22)19-14-15-8-7-12-23-15/h5-10,12H,3-4,11,13-14H2,1-2H3,(H2,19,20,22). The van der Waals surface area contributed by atoms with Crippen LogP contribution >= 0.6 is 0 Å². The molecule has 24 heavy (non-hydrogen) atoms. The summed E-state index contributed by atoms with van der Waals surface area (Å²) in [7, 11) is 0. The minimum absolute atomic E-state index is 0.300. The molecule has 130 valence electrons. The van der Waals surface area contributed by atoms with Gasteiger partial charge in [0, 0.05) is 6.54 Å². The summed E-state index contributed by atoms with van der Waals surface area (Å²) in [6.07, 6.45) is 1.58. The number of amides is 2. The highest BCUT2D eigenvalue weighted by atomic mass is 16.5. The number of nitrogens with one attached hydrogen (secondary N) is 2. The number of hydrogen-bond acceptors (Lipinski definition) is 4. The van der Waals surface area contributed by atoms with Crippen LogP contribution in [0.5, 0.6) is 5.75 Å². The summed E-state index contributed by atoms with van der Waals surface area (Å²) in [4.78, 5) is 14.3. The first kappa shape index (κ1) is 17.9. The number of ether oxygens (including phenoxy) is 1. The maximum atomic E-state index is 12.0. The number of hydrogen-bond donors (Lipinski definition) is 2. The van der Waals surface area contributed by atoms with Gasteiger partial charge in [-0.25, -0.2) is 4.79 Å². The van der Waals surface area contributed by atoms with Crippen LogP contribution in [0, 0.1) is 0 Å². The zero-order valence-electron chi connectivity index (χ0n) is 14.2. The molecular formula is C18H25N3O3. The molecule has 1 aromatic heterocycles. The second-order valence-corrected chi connectivity index (χ2v) is 5.26. The van der Waals surface area contributed by atoms with Crippen molar-refractivity contribution < 1.29 is 13.9 Å². The van der Waals surface area contributed by atoms with Crippen LogP contribution in [0.25, 0.3) is 0 Å². The zero-order chi connectivity index (χ0) is 17.2. The van der Waals surface area contributed by atoms with Crippen molar-refractivity contribution in [2.45, 2.75) is 20.4 Å². The molecule has 0 unspecified atom stereocenters. The minimum atomic E-state index is -0.300. The number of carbonyl (C=O) groups excluding carboxylic acids is 1. The molecule has 6 heteroatoms. The Morgan fingerprint density at radius 1 is 1.17 bits per heavy atom. The van der Waals surface area contributed by atoms with Crippen LogP contribution in [-0.2, 0) is 6.54 Å². The van der Waals surface area contributed by atoms with E-state index in [0.717, 1.165) is 19.6 Å². The highest BCUT2D eigenvalue weighted by molar-refractivity contribution is 5.90. The largest absolute Gasteiger partial charge is 0.490 e. The normalized spacial score (nSPS) is 10.6. The molecule has 2 N–H and O–H groups in total. The predicted octanol–water partition coefficient (Wildman–Crippen LogP) is 3.32. The summed E-state index contributed by atoms with van der Waals surface area (Å²) in [6, 6.07) is 10.7. The van der Waals surface area contributed by atoms with Gasteiger partial charge in [-0.05, 0) is 37.4 Å². The van der Waals surface area contributed by atoms with E-state index in [2.05, 4.69) is 29.4 Å². The third-order valence-corrected chi connectivity index (χ3v) is 3.70. The molecule has 0 spiro atoms. The van der Waals surface area contributed by atoms with E-state index in [4.69, 9.17) is 9.15 Å². The van der Waals surface area contributed by atoms with E-state index in [0.29, 0.717) is 30.3 Å². The van der Waals surface area contributed by atoms with E-state index in [1.165, 1.54) is 0 Å². The summed E-state index contributed by atoms with van der Waals surface area (Å²) in [5.74, 6) is 1.37. The van der Waals surface area contributed by atoms with Crippen LogP contribution < -0.4 is 15.4 Å². The molecule has 0 bridgehead atoms. The number of likely N-dealkylation sites (N-methyl/N-ethyl adjacent to an activating group) is 1. The number of rotatable bonds is 9. The zero-order valence-corrected chi connectivity index (χ0v) is 14.2. The van der Waals surface area contributed by atoms with Crippen molar-refractivity contribution in [1.82, 2.24) is 10.2 Å². The summed E-state index contributed by atoms with van der Waals surface area (Å²) in [5, 5.41) is 5.55. The molecule has 0 saturated carbocycles. The first-order valence-corrected chi connectivity index (χ1v) is 8.24. The summed E-state index contributed by atoms with van der Waals surface area (Å²) in [5.41, 5.74) is 0.647. The van der Waals surface area contributed by atoms with Gasteiger partial charge in [-0.15, -0.1) is 0 Å². The molecule has 2 amide bonds. The van der Waals surface area contributed by atoms with E-state index in [-0.39, 0.29) is 6.03 Å². The first-order chi connectivity index (χ1) is 11.7. The van der Waals surface area contributed by atoms with Crippen LogP contribution in [0.1, 0.15) is 19.6 Å². The van der Waals surface area contributed by atoms with Crippen molar-refractivity contribution in [3.05, 3.63) is 48.4 Å². The van der Waals surface area contributed by atoms with E-state index in [1.54, 1.807) is 12.3 Å². The lowest BCUT2D eigenvalue weighted by atomic mass is 10.3. The van der Waals surface area contributed by atoms with Crippen LogP contribution in [0.2, 0.25) is 0 Å². The topological polar surface area (TPSA) is 66.7 Å². The smallest absolute Gasteiger partial charge is 0.319 e. The SMILES string of the molecule is CCN(CC)CCOc1ccccc1NC(=O)NCc1ccco1. The Morgan fingerprint density at radius 2 is 1.96 bits per heavy atom. The second-order valence-electron chi connectivity index (χ2n) is 5.26. The lowest BCUT2D eigenvalue weighted by Gasteiger charge is -2.19. The Morgan fingerprint density at radius 3 is 2.67 bits per heavy atom. The molecule has 2 aromatic rings. The molecule has 0 aliphatic carbocycles. The van der Waals surface area contributed by atoms with Crippen LogP contribution in [-0.4, -0.2) is 37.2 Å². The molecule has 0 saturated heterocycles. The van der Waals surface area contributed by atoms with Gasteiger partial charge in [-0.1, -0.05) is 26.0 Å². The molecule has 0 aliphatic rings. The number of benzene rings is 1. The number of nitrogens with zero attached hydrogens (tertiary/aromatic N) is 1. The lowest BCUT2D eigenvalue weighted by molar-refractivity contribution is 0.223. The van der Waals surface area contributed by atoms with Crippen molar-refractivity contribution in [1.29, 1.82) is 0 Å². The molecule has 0 atom stereocenters. The highest BCUT2D eigenvalue weighted by Crippen LogP contribution is 2.23. The summed E-state index contributed by atoms with van der Waals surface area (Å²) >= 11 is 0. The second kappa shape index (κ2) is 9.62.